The number of alkyl halides is 1. The molecular formula is C15H14ClN3O2. The molecule has 0 aliphatic carbocycles. The first-order chi connectivity index (χ1) is 10.1. The number of benzene rings is 1. The summed E-state index contributed by atoms with van der Waals surface area (Å²) in [5.74, 6) is 1.37. The zero-order valence-corrected chi connectivity index (χ0v) is 11.9. The molecule has 1 aromatic heterocycles. The zero-order chi connectivity index (χ0) is 14.8. The van der Waals surface area contributed by atoms with Crippen molar-refractivity contribution in [1.29, 1.82) is 0 Å². The van der Waals surface area contributed by atoms with Crippen LogP contribution >= 0.6 is 11.6 Å². The highest BCUT2D eigenvalue weighted by Gasteiger charge is 2.18. The minimum Gasteiger partial charge on any atom is -0.508 e. The van der Waals surface area contributed by atoms with Gasteiger partial charge in [0.1, 0.15) is 23.0 Å². The van der Waals surface area contributed by atoms with Crippen molar-refractivity contribution < 1.29 is 9.63 Å². The molecule has 1 aromatic carbocycles. The fourth-order valence-electron chi connectivity index (χ4n) is 2.14. The average Bonchev–Trinajstić information content (AvgIpc) is 2.92. The number of phenols is 1. The summed E-state index contributed by atoms with van der Waals surface area (Å²) in [6, 6.07) is 8.78. The Morgan fingerprint density at radius 1 is 1.33 bits per heavy atom. The number of hydrogen-bond acceptors (Lipinski definition) is 5. The second-order valence-corrected chi connectivity index (χ2v) is 5.40. The number of dihydropyridines is 1. The molecule has 1 unspecified atom stereocenters. The van der Waals surface area contributed by atoms with Crippen molar-refractivity contribution in [2.24, 2.45) is 10.7 Å². The first-order valence-electron chi connectivity index (χ1n) is 6.52. The Hall–Kier alpha value is -2.27. The molecule has 6 heteroatoms. The van der Waals surface area contributed by atoms with Crippen LogP contribution in [0.15, 0.2) is 45.9 Å². The van der Waals surface area contributed by atoms with Gasteiger partial charge >= 0.3 is 0 Å². The Morgan fingerprint density at radius 3 is 2.86 bits per heavy atom. The molecule has 5 nitrogen and oxygen atoms in total. The van der Waals surface area contributed by atoms with Gasteiger partial charge in [-0.3, -0.25) is 4.99 Å². The number of aromatic hydroxyl groups is 1. The van der Waals surface area contributed by atoms with E-state index in [1.54, 1.807) is 12.1 Å². The van der Waals surface area contributed by atoms with E-state index in [4.69, 9.17) is 21.9 Å². The van der Waals surface area contributed by atoms with E-state index in [2.05, 4.69) is 10.1 Å². The Morgan fingerprint density at radius 2 is 2.10 bits per heavy atom. The van der Waals surface area contributed by atoms with Gasteiger partial charge in [-0.1, -0.05) is 23.4 Å². The lowest BCUT2D eigenvalue weighted by atomic mass is 10.1. The maximum Gasteiger partial charge on any atom is 0.141 e. The molecule has 1 aliphatic rings. The molecule has 0 fully saturated rings. The predicted molar refractivity (Wildman–Crippen MR) is 81.5 cm³/mol. The third-order valence-corrected chi connectivity index (χ3v) is 3.47. The van der Waals surface area contributed by atoms with Crippen LogP contribution in [-0.2, 0) is 6.42 Å². The van der Waals surface area contributed by atoms with Gasteiger partial charge in [-0.25, -0.2) is 0 Å². The highest BCUT2D eigenvalue weighted by atomic mass is 35.5. The lowest BCUT2D eigenvalue weighted by Crippen LogP contribution is -2.21. The highest BCUT2D eigenvalue weighted by molar-refractivity contribution is 6.28. The number of nitrogens with zero attached hydrogens (tertiary/aromatic N) is 2. The average molecular weight is 304 g/mol. The van der Waals surface area contributed by atoms with E-state index in [-0.39, 0.29) is 11.1 Å². The fourth-order valence-corrected chi connectivity index (χ4v) is 2.34. The first kappa shape index (κ1) is 13.7. The molecule has 1 aliphatic heterocycles. The Bertz CT molecular complexity index is 704. The van der Waals surface area contributed by atoms with Gasteiger partial charge in [0.05, 0.1) is 11.9 Å². The van der Waals surface area contributed by atoms with E-state index in [9.17, 15) is 5.11 Å². The maximum atomic E-state index is 9.27. The van der Waals surface area contributed by atoms with Gasteiger partial charge in [-0.15, -0.1) is 11.6 Å². The van der Waals surface area contributed by atoms with Gasteiger partial charge in [0.25, 0.3) is 0 Å². The van der Waals surface area contributed by atoms with Crippen LogP contribution in [0, 0.1) is 0 Å². The topological polar surface area (TPSA) is 84.6 Å². The first-order valence-corrected chi connectivity index (χ1v) is 6.95. The second-order valence-electron chi connectivity index (χ2n) is 4.84. The smallest absolute Gasteiger partial charge is 0.141 e. The summed E-state index contributed by atoms with van der Waals surface area (Å²) in [5, 5.41) is 13.1. The molecule has 1 atom stereocenters. The lowest BCUT2D eigenvalue weighted by molar-refractivity contribution is 0.388. The van der Waals surface area contributed by atoms with E-state index < -0.39 is 0 Å². The summed E-state index contributed by atoms with van der Waals surface area (Å²) in [4.78, 5) is 4.16. The highest BCUT2D eigenvalue weighted by Crippen LogP contribution is 2.22. The van der Waals surface area contributed by atoms with E-state index in [1.165, 1.54) is 0 Å². The van der Waals surface area contributed by atoms with Crippen molar-refractivity contribution in [3.8, 4) is 5.75 Å². The molecule has 0 amide bonds. The fraction of sp³-hybridized carbons (Fsp3) is 0.200. The molecule has 3 rings (SSSR count). The minimum absolute atomic E-state index is 0.176. The maximum absolute atomic E-state index is 9.27. The monoisotopic (exact) mass is 303 g/mol. The number of aromatic nitrogens is 1. The summed E-state index contributed by atoms with van der Waals surface area (Å²) in [5.41, 5.74) is 8.23. The van der Waals surface area contributed by atoms with Gasteiger partial charge in [0.15, 0.2) is 0 Å². The lowest BCUT2D eigenvalue weighted by Gasteiger charge is -2.12. The van der Waals surface area contributed by atoms with Crippen LogP contribution < -0.4 is 5.73 Å². The van der Waals surface area contributed by atoms with Gasteiger partial charge in [-0.05, 0) is 17.7 Å². The molecule has 2 aromatic rings. The van der Waals surface area contributed by atoms with Crippen molar-refractivity contribution in [1.82, 2.24) is 5.16 Å². The molecule has 0 spiro atoms. The number of aliphatic imine (C=N–C) groups is 1. The Kier molecular flexibility index (Phi) is 3.66. The van der Waals surface area contributed by atoms with Crippen molar-refractivity contribution in [3.05, 3.63) is 53.4 Å². The number of nitrogens with two attached hydrogens (primary N) is 1. The van der Waals surface area contributed by atoms with Crippen molar-refractivity contribution in [2.45, 2.75) is 11.8 Å². The summed E-state index contributed by atoms with van der Waals surface area (Å²) < 4.78 is 5.33. The standard InChI is InChI=1S/C15H14ClN3O2/c16-10-6-13(15(17)18-8-10)14-7-12(21-19-14)5-9-1-3-11(20)4-2-9/h1-4,6-7,10,20H,5,8H2,(H2,17,18). The van der Waals surface area contributed by atoms with Crippen LogP contribution in [0.2, 0.25) is 0 Å². The third kappa shape index (κ3) is 3.08. The molecule has 0 saturated carbocycles. The van der Waals surface area contributed by atoms with Gasteiger partial charge < -0.3 is 15.4 Å². The number of amidine groups is 1. The SMILES string of the molecule is NC1=NCC(Cl)C=C1c1cc(Cc2ccc(O)cc2)on1. The van der Waals surface area contributed by atoms with Gasteiger partial charge in [0.2, 0.25) is 0 Å². The summed E-state index contributed by atoms with van der Waals surface area (Å²) in [6.45, 7) is 0.481. The van der Waals surface area contributed by atoms with E-state index in [0.29, 0.717) is 35.8 Å². The minimum atomic E-state index is -0.176. The van der Waals surface area contributed by atoms with Crippen LogP contribution in [-0.4, -0.2) is 28.0 Å². The molecule has 3 N–H and O–H groups in total. The second kappa shape index (κ2) is 5.61. The molecule has 21 heavy (non-hydrogen) atoms. The van der Waals surface area contributed by atoms with Crippen molar-refractivity contribution in [3.63, 3.8) is 0 Å². The summed E-state index contributed by atoms with van der Waals surface area (Å²) in [6.07, 6.45) is 2.42. The van der Waals surface area contributed by atoms with Crippen molar-refractivity contribution >= 4 is 23.0 Å². The predicted octanol–water partition coefficient (Wildman–Crippen LogP) is 2.33. The number of phenolic OH excluding ortho intramolecular Hbond substituents is 1. The van der Waals surface area contributed by atoms with E-state index >= 15 is 0 Å². The molecule has 0 radical (unpaired) electrons. The third-order valence-electron chi connectivity index (χ3n) is 3.21. The van der Waals surface area contributed by atoms with Crippen molar-refractivity contribution in [2.75, 3.05) is 6.54 Å². The molecule has 0 bridgehead atoms. The largest absolute Gasteiger partial charge is 0.508 e. The number of hydrogen-bond donors (Lipinski definition) is 2. The molecule has 0 saturated heterocycles. The summed E-state index contributed by atoms with van der Waals surface area (Å²) in [7, 11) is 0. The zero-order valence-electron chi connectivity index (χ0n) is 11.2. The van der Waals surface area contributed by atoms with Crippen LogP contribution in [0.25, 0.3) is 5.57 Å². The Labute approximate surface area is 126 Å². The number of rotatable bonds is 3. The van der Waals surface area contributed by atoms with E-state index in [1.807, 2.05) is 24.3 Å². The summed E-state index contributed by atoms with van der Waals surface area (Å²) >= 11 is 6.06. The molecule has 2 heterocycles. The normalized spacial score (nSPS) is 18.2. The van der Waals surface area contributed by atoms with Crippen LogP contribution in [0.1, 0.15) is 17.0 Å². The molecular weight excluding hydrogens is 290 g/mol. The van der Waals surface area contributed by atoms with Gasteiger partial charge in [0, 0.05) is 18.1 Å². The van der Waals surface area contributed by atoms with E-state index in [0.717, 1.165) is 5.56 Å². The molecule has 108 valence electrons. The number of halogens is 1. The van der Waals surface area contributed by atoms with Crippen LogP contribution in [0.5, 0.6) is 5.75 Å². The van der Waals surface area contributed by atoms with Crippen LogP contribution in [0.4, 0.5) is 0 Å². The quantitative estimate of drug-likeness (QED) is 0.852. The Balaban J connectivity index is 1.80. The van der Waals surface area contributed by atoms with Crippen LogP contribution in [0.3, 0.4) is 0 Å². The van der Waals surface area contributed by atoms with Gasteiger partial charge in [-0.2, -0.15) is 0 Å².